The molecule has 72 valence electrons. The Morgan fingerprint density at radius 3 is 2.33 bits per heavy atom. The fourth-order valence-electron chi connectivity index (χ4n) is 0.448. The van der Waals surface area contributed by atoms with E-state index < -0.39 is 22.3 Å². The van der Waals surface area contributed by atoms with Crippen molar-refractivity contribution in [1.82, 2.24) is 0 Å². The first-order chi connectivity index (χ1) is 5.45. The van der Waals surface area contributed by atoms with Crippen molar-refractivity contribution in [3.63, 3.8) is 0 Å². The lowest BCUT2D eigenvalue weighted by atomic mass is 10.2. The molecule has 0 aromatic rings. The molecule has 0 saturated carbocycles. The Hall–Kier alpha value is -0.420. The normalized spacial score (nSPS) is 15.8. The Morgan fingerprint density at radius 1 is 1.50 bits per heavy atom. The summed E-state index contributed by atoms with van der Waals surface area (Å²) in [4.78, 5) is 10.9. The number of hydrogen-bond acceptors (Lipinski definition) is 3. The van der Waals surface area contributed by atoms with E-state index in [0.29, 0.717) is 6.61 Å². The number of carbonyl (C=O) groups is 1. The number of rotatable bonds is 4. The van der Waals surface area contributed by atoms with E-state index in [-0.39, 0.29) is 5.92 Å². The lowest BCUT2D eigenvalue weighted by Crippen LogP contribution is -2.25. The van der Waals surface area contributed by atoms with Gasteiger partial charge in [0.2, 0.25) is 0 Å². The quantitative estimate of drug-likeness (QED) is 0.531. The van der Waals surface area contributed by atoms with Gasteiger partial charge in [0.1, 0.15) is 0 Å². The average Bonchev–Trinajstić information content (AvgIpc) is 1.98. The molecule has 0 aliphatic rings. The molecule has 0 spiro atoms. The Kier molecular flexibility index (Phi) is 5.08. The molecule has 0 aromatic heterocycles. The van der Waals surface area contributed by atoms with Crippen LogP contribution in [0.5, 0.6) is 0 Å². The Labute approximate surface area is 74.6 Å². The number of esters is 1. The summed E-state index contributed by atoms with van der Waals surface area (Å²) >= 11 is -2.13. The molecule has 5 heteroatoms. The van der Waals surface area contributed by atoms with Gasteiger partial charge in [-0.05, 0) is 12.8 Å². The van der Waals surface area contributed by atoms with Crippen LogP contribution in [-0.2, 0) is 20.6 Å². The molecule has 0 fully saturated rings. The van der Waals surface area contributed by atoms with Gasteiger partial charge < -0.3 is 9.29 Å². The highest BCUT2D eigenvalue weighted by molar-refractivity contribution is 7.80. The van der Waals surface area contributed by atoms with Crippen molar-refractivity contribution in [1.29, 1.82) is 0 Å². The van der Waals surface area contributed by atoms with Gasteiger partial charge in [0.05, 0.1) is 6.61 Å². The molecule has 0 saturated heterocycles. The first-order valence-corrected chi connectivity index (χ1v) is 4.88. The van der Waals surface area contributed by atoms with Gasteiger partial charge in [-0.3, -0.25) is 4.79 Å². The molecule has 0 aromatic carbocycles. The maximum absolute atomic E-state index is 10.9. The second-order valence-electron chi connectivity index (χ2n) is 2.94. The van der Waals surface area contributed by atoms with Crippen LogP contribution in [0.15, 0.2) is 0 Å². The van der Waals surface area contributed by atoms with Gasteiger partial charge in [0.15, 0.2) is 16.3 Å². The summed E-state index contributed by atoms with van der Waals surface area (Å²) in [6.07, 6.45) is 0. The van der Waals surface area contributed by atoms with Gasteiger partial charge in [-0.25, -0.2) is 4.21 Å². The van der Waals surface area contributed by atoms with Crippen LogP contribution in [-0.4, -0.2) is 26.6 Å². The van der Waals surface area contributed by atoms with E-state index in [4.69, 9.17) is 9.29 Å². The van der Waals surface area contributed by atoms with Crippen LogP contribution in [0, 0.1) is 5.92 Å². The van der Waals surface area contributed by atoms with Gasteiger partial charge in [-0.1, -0.05) is 13.8 Å². The van der Waals surface area contributed by atoms with Gasteiger partial charge in [-0.2, -0.15) is 0 Å². The largest absolute Gasteiger partial charge is 0.464 e. The van der Waals surface area contributed by atoms with Gasteiger partial charge in [-0.15, -0.1) is 0 Å². The zero-order chi connectivity index (χ0) is 9.72. The average molecular weight is 194 g/mol. The highest BCUT2D eigenvalue weighted by atomic mass is 32.2. The van der Waals surface area contributed by atoms with E-state index in [2.05, 4.69) is 0 Å². The Bertz CT molecular complexity index is 178. The maximum Gasteiger partial charge on any atom is 0.323 e. The minimum Gasteiger partial charge on any atom is -0.464 e. The minimum atomic E-state index is -2.13. The van der Waals surface area contributed by atoms with E-state index in [1.807, 2.05) is 13.8 Å². The molecule has 0 bridgehead atoms. The summed E-state index contributed by atoms with van der Waals surface area (Å²) in [5.74, 6) is -0.377. The zero-order valence-corrected chi connectivity index (χ0v) is 8.26. The lowest BCUT2D eigenvalue weighted by Gasteiger charge is -2.09. The highest BCUT2D eigenvalue weighted by Gasteiger charge is 2.20. The smallest absolute Gasteiger partial charge is 0.323 e. The van der Waals surface area contributed by atoms with Crippen LogP contribution >= 0.6 is 0 Å². The third-order valence-corrected chi connectivity index (χ3v) is 1.99. The molecule has 0 aliphatic heterocycles. The van der Waals surface area contributed by atoms with Crippen molar-refractivity contribution in [2.24, 2.45) is 5.92 Å². The maximum atomic E-state index is 10.9. The lowest BCUT2D eigenvalue weighted by molar-refractivity contribution is -0.143. The van der Waals surface area contributed by atoms with E-state index in [0.717, 1.165) is 0 Å². The molecule has 12 heavy (non-hydrogen) atoms. The number of hydrogen-bond donors (Lipinski definition) is 1. The summed E-state index contributed by atoms with van der Waals surface area (Å²) in [5, 5.41) is -0.955. The van der Waals surface area contributed by atoms with Gasteiger partial charge in [0.25, 0.3) is 0 Å². The molecule has 2 atom stereocenters. The van der Waals surface area contributed by atoms with E-state index in [9.17, 15) is 9.00 Å². The monoisotopic (exact) mass is 194 g/mol. The molecule has 4 nitrogen and oxygen atoms in total. The third-order valence-electron chi connectivity index (χ3n) is 1.19. The van der Waals surface area contributed by atoms with Crippen LogP contribution in [0.4, 0.5) is 0 Å². The summed E-state index contributed by atoms with van der Waals surface area (Å²) in [6.45, 7) is 5.45. The van der Waals surface area contributed by atoms with Crippen LogP contribution < -0.4 is 0 Å². The molecule has 2 unspecified atom stereocenters. The summed E-state index contributed by atoms with van der Waals surface area (Å²) < 4.78 is 23.7. The highest BCUT2D eigenvalue weighted by Crippen LogP contribution is 1.99. The van der Waals surface area contributed by atoms with Crippen LogP contribution in [0.2, 0.25) is 0 Å². The van der Waals surface area contributed by atoms with Crippen molar-refractivity contribution < 1.29 is 18.3 Å². The molecule has 1 N–H and O–H groups in total. The Balaban J connectivity index is 3.80. The van der Waals surface area contributed by atoms with Crippen molar-refractivity contribution in [2.75, 3.05) is 6.61 Å². The van der Waals surface area contributed by atoms with Crippen molar-refractivity contribution >= 4 is 17.0 Å². The van der Waals surface area contributed by atoms with Crippen molar-refractivity contribution in [2.45, 2.75) is 26.0 Å². The van der Waals surface area contributed by atoms with Gasteiger partial charge in [0, 0.05) is 0 Å². The van der Waals surface area contributed by atoms with Crippen molar-refractivity contribution in [3.8, 4) is 0 Å². The fourth-order valence-corrected chi connectivity index (χ4v) is 0.681. The predicted octanol–water partition coefficient (Wildman–Crippen LogP) is 0.796. The third kappa shape index (κ3) is 4.46. The van der Waals surface area contributed by atoms with Crippen LogP contribution in [0.3, 0.4) is 0 Å². The van der Waals surface area contributed by atoms with Crippen LogP contribution in [0.1, 0.15) is 20.8 Å². The zero-order valence-electron chi connectivity index (χ0n) is 7.44. The van der Waals surface area contributed by atoms with Gasteiger partial charge >= 0.3 is 5.97 Å². The molecule has 0 heterocycles. The van der Waals surface area contributed by atoms with E-state index in [1.54, 1.807) is 0 Å². The number of carbonyl (C=O) groups excluding carboxylic acids is 1. The minimum absolute atomic E-state index is 0.244. The predicted molar refractivity (Wildman–Crippen MR) is 46.0 cm³/mol. The summed E-state index contributed by atoms with van der Waals surface area (Å²) in [7, 11) is 0. The second-order valence-corrected chi connectivity index (χ2v) is 4.20. The molecule has 0 aliphatic carbocycles. The SMILES string of the molecule is CC(C)COC(=O)C(C)S(=O)O. The molecule has 0 rings (SSSR count). The molecular weight excluding hydrogens is 180 g/mol. The fraction of sp³-hybridized carbons (Fsp3) is 0.857. The summed E-state index contributed by atoms with van der Waals surface area (Å²) in [5.41, 5.74) is 0. The summed E-state index contributed by atoms with van der Waals surface area (Å²) in [6, 6.07) is 0. The molecule has 0 radical (unpaired) electrons. The van der Waals surface area contributed by atoms with Crippen molar-refractivity contribution in [3.05, 3.63) is 0 Å². The molecule has 0 amide bonds. The topological polar surface area (TPSA) is 63.6 Å². The molecular formula is C7H14O4S. The first kappa shape index (κ1) is 11.6. The standard InChI is InChI=1S/C7H14O4S/c1-5(2)4-11-7(8)6(3)12(9)10/h5-6H,4H2,1-3H3,(H,9,10). The number of ether oxygens (including phenoxy) is 1. The van der Waals surface area contributed by atoms with E-state index in [1.165, 1.54) is 6.92 Å². The first-order valence-electron chi connectivity index (χ1n) is 3.71. The second kappa shape index (κ2) is 5.27. The van der Waals surface area contributed by atoms with E-state index >= 15 is 0 Å². The Morgan fingerprint density at radius 2 is 2.00 bits per heavy atom. The van der Waals surface area contributed by atoms with Crippen LogP contribution in [0.25, 0.3) is 0 Å².